The smallest absolute Gasteiger partial charge is 0.312 e. The summed E-state index contributed by atoms with van der Waals surface area (Å²) in [5, 5.41) is 14.0. The SMILES string of the molecule is CNCc1ccc(Oc2ccc(Br)cc2[N+](=O)[O-])nc1. The zero-order chi connectivity index (χ0) is 14.5. The number of nitro benzene ring substituents is 1. The highest BCUT2D eigenvalue weighted by Gasteiger charge is 2.16. The first-order valence-electron chi connectivity index (χ1n) is 5.81. The van der Waals surface area contributed by atoms with E-state index >= 15 is 0 Å². The molecule has 0 atom stereocenters. The number of nitrogens with zero attached hydrogens (tertiary/aromatic N) is 2. The van der Waals surface area contributed by atoms with Gasteiger partial charge in [0.1, 0.15) is 0 Å². The lowest BCUT2D eigenvalue weighted by Crippen LogP contribution is -2.05. The standard InChI is InChI=1S/C13H12BrN3O3/c1-15-7-9-2-5-13(16-8-9)20-12-4-3-10(14)6-11(12)17(18)19/h2-6,8,15H,7H2,1H3. The fourth-order valence-electron chi connectivity index (χ4n) is 1.61. The van der Waals surface area contributed by atoms with Crippen molar-refractivity contribution in [3.8, 4) is 11.6 Å². The molecule has 0 radical (unpaired) electrons. The second-order valence-corrected chi connectivity index (χ2v) is 4.92. The maximum atomic E-state index is 11.0. The maximum Gasteiger partial charge on any atom is 0.312 e. The first-order valence-corrected chi connectivity index (χ1v) is 6.61. The van der Waals surface area contributed by atoms with Crippen LogP contribution in [-0.2, 0) is 6.54 Å². The van der Waals surface area contributed by atoms with Gasteiger partial charge < -0.3 is 10.1 Å². The summed E-state index contributed by atoms with van der Waals surface area (Å²) in [5.41, 5.74) is 0.894. The minimum absolute atomic E-state index is 0.111. The zero-order valence-electron chi connectivity index (χ0n) is 10.7. The van der Waals surface area contributed by atoms with Crippen LogP contribution in [0, 0.1) is 10.1 Å². The Balaban J connectivity index is 2.23. The predicted molar refractivity (Wildman–Crippen MR) is 77.9 cm³/mol. The van der Waals surface area contributed by atoms with E-state index in [2.05, 4.69) is 26.2 Å². The van der Waals surface area contributed by atoms with Crippen molar-refractivity contribution in [2.24, 2.45) is 0 Å². The molecule has 20 heavy (non-hydrogen) atoms. The number of hydrogen-bond acceptors (Lipinski definition) is 5. The minimum Gasteiger partial charge on any atom is -0.432 e. The van der Waals surface area contributed by atoms with Gasteiger partial charge in [-0.2, -0.15) is 0 Å². The first kappa shape index (κ1) is 14.4. The van der Waals surface area contributed by atoms with E-state index in [0.717, 1.165) is 5.56 Å². The Morgan fingerprint density at radius 3 is 2.80 bits per heavy atom. The predicted octanol–water partition coefficient (Wildman–Crippen LogP) is 3.26. The number of nitrogens with one attached hydrogen (secondary N) is 1. The summed E-state index contributed by atoms with van der Waals surface area (Å²) < 4.78 is 6.08. The quantitative estimate of drug-likeness (QED) is 0.669. The molecule has 0 saturated heterocycles. The first-order chi connectivity index (χ1) is 9.60. The second kappa shape index (κ2) is 6.44. The Morgan fingerprint density at radius 1 is 1.40 bits per heavy atom. The summed E-state index contributed by atoms with van der Waals surface area (Å²) in [7, 11) is 1.84. The summed E-state index contributed by atoms with van der Waals surface area (Å²) in [6, 6.07) is 8.13. The monoisotopic (exact) mass is 337 g/mol. The molecule has 0 saturated carbocycles. The number of rotatable bonds is 5. The minimum atomic E-state index is -0.491. The van der Waals surface area contributed by atoms with Gasteiger partial charge in [0.05, 0.1) is 4.92 Å². The van der Waals surface area contributed by atoms with Crippen molar-refractivity contribution in [1.82, 2.24) is 10.3 Å². The lowest BCUT2D eigenvalue weighted by atomic mass is 10.3. The summed E-state index contributed by atoms with van der Waals surface area (Å²) in [5.74, 6) is 0.474. The summed E-state index contributed by atoms with van der Waals surface area (Å²) in [6.45, 7) is 0.700. The van der Waals surface area contributed by atoms with Gasteiger partial charge in [0.25, 0.3) is 0 Å². The van der Waals surface area contributed by atoms with E-state index in [0.29, 0.717) is 16.9 Å². The maximum absolute atomic E-state index is 11.0. The van der Waals surface area contributed by atoms with Gasteiger partial charge in [-0.3, -0.25) is 10.1 Å². The number of ether oxygens (including phenoxy) is 1. The molecule has 2 rings (SSSR count). The Hall–Kier alpha value is -1.99. The summed E-state index contributed by atoms with van der Waals surface area (Å²) in [4.78, 5) is 14.6. The highest BCUT2D eigenvalue weighted by atomic mass is 79.9. The van der Waals surface area contributed by atoms with Gasteiger partial charge in [-0.05, 0) is 24.7 Å². The largest absolute Gasteiger partial charge is 0.432 e. The van der Waals surface area contributed by atoms with Crippen LogP contribution >= 0.6 is 15.9 Å². The fraction of sp³-hybridized carbons (Fsp3) is 0.154. The number of benzene rings is 1. The molecule has 104 valence electrons. The van der Waals surface area contributed by atoms with Gasteiger partial charge in [-0.1, -0.05) is 22.0 Å². The molecule has 0 aliphatic carbocycles. The summed E-state index contributed by atoms with van der Waals surface area (Å²) in [6.07, 6.45) is 1.66. The molecule has 0 aliphatic rings. The van der Waals surface area contributed by atoms with Crippen molar-refractivity contribution in [1.29, 1.82) is 0 Å². The van der Waals surface area contributed by atoms with E-state index in [4.69, 9.17) is 4.74 Å². The highest BCUT2D eigenvalue weighted by molar-refractivity contribution is 9.10. The van der Waals surface area contributed by atoms with E-state index in [9.17, 15) is 10.1 Å². The van der Waals surface area contributed by atoms with Gasteiger partial charge >= 0.3 is 5.69 Å². The molecular formula is C13H12BrN3O3. The molecule has 0 aliphatic heterocycles. The van der Waals surface area contributed by atoms with E-state index in [1.165, 1.54) is 12.1 Å². The molecule has 2 aromatic rings. The molecule has 1 heterocycles. The lowest BCUT2D eigenvalue weighted by molar-refractivity contribution is -0.385. The molecular weight excluding hydrogens is 326 g/mol. The normalized spacial score (nSPS) is 10.3. The number of halogens is 1. The molecule has 1 aromatic heterocycles. The van der Waals surface area contributed by atoms with Gasteiger partial charge in [-0.25, -0.2) is 4.98 Å². The third kappa shape index (κ3) is 3.52. The molecule has 7 heteroatoms. The van der Waals surface area contributed by atoms with E-state index in [1.54, 1.807) is 18.3 Å². The van der Waals surface area contributed by atoms with Crippen LogP contribution in [0.1, 0.15) is 5.56 Å². The van der Waals surface area contributed by atoms with Gasteiger partial charge in [0.15, 0.2) is 0 Å². The molecule has 1 aromatic carbocycles. The van der Waals surface area contributed by atoms with Crippen LogP contribution < -0.4 is 10.1 Å². The zero-order valence-corrected chi connectivity index (χ0v) is 12.3. The van der Waals surface area contributed by atoms with Crippen molar-refractivity contribution in [3.63, 3.8) is 0 Å². The third-order valence-corrected chi connectivity index (χ3v) is 3.00. The molecule has 0 fully saturated rings. The van der Waals surface area contributed by atoms with E-state index < -0.39 is 4.92 Å². The Bertz CT molecular complexity index is 617. The number of pyridine rings is 1. The molecule has 0 unspecified atom stereocenters. The second-order valence-electron chi connectivity index (χ2n) is 4.01. The highest BCUT2D eigenvalue weighted by Crippen LogP contribution is 2.32. The van der Waals surface area contributed by atoms with Crippen LogP contribution in [0.25, 0.3) is 0 Å². The lowest BCUT2D eigenvalue weighted by Gasteiger charge is -2.06. The van der Waals surface area contributed by atoms with Crippen molar-refractivity contribution in [3.05, 3.63) is 56.7 Å². The van der Waals surface area contributed by atoms with Crippen molar-refractivity contribution >= 4 is 21.6 Å². The number of nitro groups is 1. The van der Waals surface area contributed by atoms with Crippen LogP contribution in [-0.4, -0.2) is 17.0 Å². The van der Waals surface area contributed by atoms with Crippen LogP contribution in [0.2, 0.25) is 0 Å². The fourth-order valence-corrected chi connectivity index (χ4v) is 1.96. The van der Waals surface area contributed by atoms with Crippen LogP contribution in [0.15, 0.2) is 41.0 Å². The van der Waals surface area contributed by atoms with Crippen molar-refractivity contribution < 1.29 is 9.66 Å². The summed E-state index contributed by atoms with van der Waals surface area (Å²) >= 11 is 3.19. The molecule has 1 N–H and O–H groups in total. The number of aromatic nitrogens is 1. The average molecular weight is 338 g/mol. The van der Waals surface area contributed by atoms with E-state index in [-0.39, 0.29) is 11.4 Å². The average Bonchev–Trinajstić information content (AvgIpc) is 2.43. The Labute approximate surface area is 124 Å². The van der Waals surface area contributed by atoms with Crippen LogP contribution in [0.5, 0.6) is 11.6 Å². The van der Waals surface area contributed by atoms with Crippen molar-refractivity contribution in [2.45, 2.75) is 6.54 Å². The van der Waals surface area contributed by atoms with Crippen LogP contribution in [0.4, 0.5) is 5.69 Å². The third-order valence-electron chi connectivity index (χ3n) is 2.51. The number of hydrogen-bond donors (Lipinski definition) is 1. The molecule has 0 bridgehead atoms. The van der Waals surface area contributed by atoms with Crippen molar-refractivity contribution in [2.75, 3.05) is 7.05 Å². The van der Waals surface area contributed by atoms with Gasteiger partial charge in [0, 0.05) is 29.3 Å². The Kier molecular flexibility index (Phi) is 4.65. The topological polar surface area (TPSA) is 77.3 Å². The van der Waals surface area contributed by atoms with Gasteiger partial charge in [-0.15, -0.1) is 0 Å². The molecule has 0 spiro atoms. The van der Waals surface area contributed by atoms with Crippen LogP contribution in [0.3, 0.4) is 0 Å². The Morgan fingerprint density at radius 2 is 2.20 bits per heavy atom. The molecule has 0 amide bonds. The van der Waals surface area contributed by atoms with Gasteiger partial charge in [0.2, 0.25) is 11.6 Å². The van der Waals surface area contributed by atoms with E-state index in [1.807, 2.05) is 13.1 Å². The molecule has 6 nitrogen and oxygen atoms in total.